The minimum atomic E-state index is -1.08. The molecule has 2 N–H and O–H groups in total. The van der Waals surface area contributed by atoms with E-state index in [1.165, 1.54) is 31.3 Å². The van der Waals surface area contributed by atoms with Crippen LogP contribution in [0.2, 0.25) is 0 Å². The van der Waals surface area contributed by atoms with Crippen molar-refractivity contribution in [1.82, 2.24) is 10.6 Å². The largest absolute Gasteiger partial charge is 0.476 e. The van der Waals surface area contributed by atoms with Crippen LogP contribution in [0, 0.1) is 10.1 Å². The summed E-state index contributed by atoms with van der Waals surface area (Å²) in [5, 5.41) is 15.1. The third-order valence-electron chi connectivity index (χ3n) is 3.11. The predicted molar refractivity (Wildman–Crippen MR) is 85.5 cm³/mol. The molecule has 0 aliphatic carbocycles. The van der Waals surface area contributed by atoms with E-state index in [4.69, 9.17) is 4.74 Å². The number of rotatable bonds is 5. The maximum absolute atomic E-state index is 12.3. The number of ether oxygens (including phenoxy) is 1. The summed E-state index contributed by atoms with van der Waals surface area (Å²) in [6.45, 7) is 0. The first kappa shape index (κ1) is 16.9. The maximum Gasteiger partial charge on any atom is 0.321 e. The number of imide groups is 1. The normalized spacial score (nSPS) is 11.2. The Balaban J connectivity index is 2.24. The second-order valence-electron chi connectivity index (χ2n) is 4.73. The highest BCUT2D eigenvalue weighted by molar-refractivity contribution is 5.97. The number of nitro benzene ring substituents is 1. The number of benzene rings is 2. The van der Waals surface area contributed by atoms with Crippen molar-refractivity contribution < 1.29 is 19.2 Å². The monoisotopic (exact) mass is 329 g/mol. The van der Waals surface area contributed by atoms with Gasteiger partial charge in [-0.15, -0.1) is 0 Å². The average Bonchev–Trinajstić information content (AvgIpc) is 2.60. The zero-order chi connectivity index (χ0) is 17.5. The third kappa shape index (κ3) is 4.29. The van der Waals surface area contributed by atoms with Gasteiger partial charge in [-0.05, 0) is 12.1 Å². The zero-order valence-electron chi connectivity index (χ0n) is 12.8. The number of carbonyl (C=O) groups is 2. The molecule has 0 aliphatic heterocycles. The van der Waals surface area contributed by atoms with Crippen LogP contribution in [0.3, 0.4) is 0 Å². The van der Waals surface area contributed by atoms with Crippen LogP contribution in [0.4, 0.5) is 10.5 Å². The molecule has 3 amide bonds. The fourth-order valence-electron chi connectivity index (χ4n) is 1.92. The number of hydrogen-bond acceptors (Lipinski definition) is 5. The van der Waals surface area contributed by atoms with Crippen molar-refractivity contribution in [3.8, 4) is 5.75 Å². The van der Waals surface area contributed by atoms with E-state index in [2.05, 4.69) is 10.6 Å². The summed E-state index contributed by atoms with van der Waals surface area (Å²) in [5.41, 5.74) is 0.450. The summed E-state index contributed by atoms with van der Waals surface area (Å²) in [6, 6.07) is 13.3. The molecule has 0 fully saturated rings. The minimum absolute atomic E-state index is 0.0894. The Kier molecular flexibility index (Phi) is 5.45. The number of amides is 3. The van der Waals surface area contributed by atoms with Crippen LogP contribution in [0.1, 0.15) is 11.7 Å². The Morgan fingerprint density at radius 1 is 1.08 bits per heavy atom. The molecule has 124 valence electrons. The number of nitro groups is 1. The highest BCUT2D eigenvalue weighted by Gasteiger charge is 2.24. The van der Waals surface area contributed by atoms with Crippen LogP contribution in [0.5, 0.6) is 5.75 Å². The van der Waals surface area contributed by atoms with Crippen molar-refractivity contribution in [2.75, 3.05) is 7.05 Å². The van der Waals surface area contributed by atoms with E-state index in [1.807, 2.05) is 0 Å². The molecular weight excluding hydrogens is 314 g/mol. The van der Waals surface area contributed by atoms with Gasteiger partial charge in [-0.1, -0.05) is 30.3 Å². The molecule has 0 saturated carbocycles. The first-order chi connectivity index (χ1) is 11.5. The first-order valence-corrected chi connectivity index (χ1v) is 7.00. The van der Waals surface area contributed by atoms with Crippen LogP contribution in [0.25, 0.3) is 0 Å². The number of urea groups is 1. The molecule has 1 atom stereocenters. The smallest absolute Gasteiger partial charge is 0.321 e. The molecule has 0 aliphatic rings. The molecule has 0 bridgehead atoms. The summed E-state index contributed by atoms with van der Waals surface area (Å²) in [5.74, 6) is -0.389. The van der Waals surface area contributed by atoms with Gasteiger partial charge >= 0.3 is 6.03 Å². The number of carbonyl (C=O) groups excluding carboxylic acids is 2. The Morgan fingerprint density at radius 3 is 2.25 bits per heavy atom. The van der Waals surface area contributed by atoms with Crippen molar-refractivity contribution in [3.05, 3.63) is 70.3 Å². The molecule has 2 aromatic carbocycles. The van der Waals surface area contributed by atoms with E-state index in [1.54, 1.807) is 30.3 Å². The van der Waals surface area contributed by atoms with E-state index in [-0.39, 0.29) is 11.4 Å². The van der Waals surface area contributed by atoms with Crippen LogP contribution in [-0.4, -0.2) is 23.9 Å². The highest BCUT2D eigenvalue weighted by Crippen LogP contribution is 2.24. The summed E-state index contributed by atoms with van der Waals surface area (Å²) in [6.07, 6.45) is -1.08. The van der Waals surface area contributed by atoms with Gasteiger partial charge in [-0.2, -0.15) is 0 Å². The van der Waals surface area contributed by atoms with E-state index in [0.29, 0.717) is 5.56 Å². The SMILES string of the molecule is CNC(=O)NC(=O)[C@H](Oc1ccc([N+](=O)[O-])cc1)c1ccccc1. The molecule has 0 spiro atoms. The molecule has 0 unspecified atom stereocenters. The van der Waals surface area contributed by atoms with E-state index < -0.39 is 23.0 Å². The third-order valence-corrected chi connectivity index (χ3v) is 3.11. The fourth-order valence-corrected chi connectivity index (χ4v) is 1.92. The molecular formula is C16H15N3O5. The zero-order valence-corrected chi connectivity index (χ0v) is 12.8. The Morgan fingerprint density at radius 2 is 1.71 bits per heavy atom. The average molecular weight is 329 g/mol. The molecule has 0 heterocycles. The van der Waals surface area contributed by atoms with Gasteiger partial charge in [0, 0.05) is 24.7 Å². The van der Waals surface area contributed by atoms with Gasteiger partial charge in [-0.25, -0.2) is 4.79 Å². The summed E-state index contributed by atoms with van der Waals surface area (Å²) in [7, 11) is 1.39. The first-order valence-electron chi connectivity index (χ1n) is 7.00. The van der Waals surface area contributed by atoms with Gasteiger partial charge in [0.15, 0.2) is 0 Å². The topological polar surface area (TPSA) is 111 Å². The van der Waals surface area contributed by atoms with Crippen LogP contribution in [0.15, 0.2) is 54.6 Å². The van der Waals surface area contributed by atoms with Crippen molar-refractivity contribution in [2.24, 2.45) is 0 Å². The molecule has 8 heteroatoms. The fraction of sp³-hybridized carbons (Fsp3) is 0.125. The Bertz CT molecular complexity index is 731. The Labute approximate surface area is 137 Å². The second kappa shape index (κ2) is 7.73. The number of nitrogens with one attached hydrogen (secondary N) is 2. The summed E-state index contributed by atoms with van der Waals surface area (Å²) < 4.78 is 5.63. The molecule has 0 saturated heterocycles. The molecule has 8 nitrogen and oxygen atoms in total. The summed E-state index contributed by atoms with van der Waals surface area (Å²) >= 11 is 0. The van der Waals surface area contributed by atoms with Gasteiger partial charge in [0.25, 0.3) is 11.6 Å². The van der Waals surface area contributed by atoms with Gasteiger partial charge in [0.1, 0.15) is 5.75 Å². The van der Waals surface area contributed by atoms with E-state index >= 15 is 0 Å². The second-order valence-corrected chi connectivity index (χ2v) is 4.73. The molecule has 2 rings (SSSR count). The minimum Gasteiger partial charge on any atom is -0.476 e. The van der Waals surface area contributed by atoms with Crippen molar-refractivity contribution in [3.63, 3.8) is 0 Å². The lowest BCUT2D eigenvalue weighted by Crippen LogP contribution is -2.41. The number of nitrogens with zero attached hydrogens (tertiary/aromatic N) is 1. The number of non-ortho nitro benzene ring substituents is 1. The molecule has 2 aromatic rings. The van der Waals surface area contributed by atoms with Crippen LogP contribution >= 0.6 is 0 Å². The standard InChI is InChI=1S/C16H15N3O5/c1-17-16(21)18-15(20)14(11-5-3-2-4-6-11)24-13-9-7-12(8-10-13)19(22)23/h2-10,14H,1H3,(H2,17,18,20,21)/t14-/m1/s1. The van der Waals surface area contributed by atoms with Crippen LogP contribution in [-0.2, 0) is 4.79 Å². The van der Waals surface area contributed by atoms with Crippen molar-refractivity contribution >= 4 is 17.6 Å². The van der Waals surface area contributed by atoms with Gasteiger partial charge in [0.2, 0.25) is 6.10 Å². The van der Waals surface area contributed by atoms with Gasteiger partial charge in [-0.3, -0.25) is 20.2 Å². The quantitative estimate of drug-likeness (QED) is 0.645. The van der Waals surface area contributed by atoms with Crippen LogP contribution < -0.4 is 15.4 Å². The lowest BCUT2D eigenvalue weighted by molar-refractivity contribution is -0.384. The lowest BCUT2D eigenvalue weighted by Gasteiger charge is -2.18. The predicted octanol–water partition coefficient (Wildman–Crippen LogP) is 2.17. The van der Waals surface area contributed by atoms with E-state index in [9.17, 15) is 19.7 Å². The summed E-state index contributed by atoms with van der Waals surface area (Å²) in [4.78, 5) is 33.8. The maximum atomic E-state index is 12.3. The van der Waals surface area contributed by atoms with Gasteiger partial charge < -0.3 is 10.1 Å². The molecule has 0 radical (unpaired) electrons. The lowest BCUT2D eigenvalue weighted by atomic mass is 10.1. The highest BCUT2D eigenvalue weighted by atomic mass is 16.6. The Hall–Kier alpha value is -3.42. The number of hydrogen-bond donors (Lipinski definition) is 2. The molecule has 24 heavy (non-hydrogen) atoms. The van der Waals surface area contributed by atoms with Gasteiger partial charge in [0.05, 0.1) is 4.92 Å². The molecule has 0 aromatic heterocycles. The van der Waals surface area contributed by atoms with E-state index in [0.717, 1.165) is 0 Å². The van der Waals surface area contributed by atoms with Crippen molar-refractivity contribution in [1.29, 1.82) is 0 Å². The van der Waals surface area contributed by atoms with Crippen molar-refractivity contribution in [2.45, 2.75) is 6.10 Å².